The summed E-state index contributed by atoms with van der Waals surface area (Å²) < 4.78 is 37.7. The molecular weight excluding hydrogens is 341 g/mol. The summed E-state index contributed by atoms with van der Waals surface area (Å²) in [5.74, 6) is -1.81. The van der Waals surface area contributed by atoms with Crippen LogP contribution in [0.3, 0.4) is 0 Å². The maximum absolute atomic E-state index is 13.6. The maximum atomic E-state index is 13.6. The minimum atomic E-state index is -3.86. The number of hydrogen-bond donors (Lipinski definition) is 1. The quantitative estimate of drug-likeness (QED) is 0.891. The summed E-state index contributed by atoms with van der Waals surface area (Å²) in [6.07, 6.45) is -0.291. The maximum Gasteiger partial charge on any atom is 0.225 e. The van der Waals surface area contributed by atoms with Crippen molar-refractivity contribution >= 4 is 33.0 Å². The van der Waals surface area contributed by atoms with Crippen molar-refractivity contribution in [3.8, 4) is 0 Å². The molecule has 2 aromatic carbocycles. The topological polar surface area (TPSA) is 63.2 Å². The number of hydrogen-bond acceptors (Lipinski definition) is 3. The van der Waals surface area contributed by atoms with E-state index in [0.717, 1.165) is 11.6 Å². The van der Waals surface area contributed by atoms with Gasteiger partial charge in [-0.2, -0.15) is 0 Å². The highest BCUT2D eigenvalue weighted by atomic mass is 35.5. The van der Waals surface area contributed by atoms with Gasteiger partial charge in [-0.25, -0.2) is 12.8 Å². The third kappa shape index (κ3) is 4.53. The predicted octanol–water partition coefficient (Wildman–Crippen LogP) is 3.59. The molecule has 0 radical (unpaired) electrons. The molecule has 2 rings (SSSR count). The fourth-order valence-electron chi connectivity index (χ4n) is 1.97. The average Bonchev–Trinajstić information content (AvgIpc) is 2.48. The van der Waals surface area contributed by atoms with Crippen molar-refractivity contribution < 1.29 is 17.6 Å². The van der Waals surface area contributed by atoms with Gasteiger partial charge >= 0.3 is 0 Å². The molecule has 0 aliphatic rings. The first-order valence-corrected chi connectivity index (χ1v) is 8.86. The molecule has 0 fully saturated rings. The summed E-state index contributed by atoms with van der Waals surface area (Å²) in [4.78, 5) is 11.5. The van der Waals surface area contributed by atoms with E-state index in [4.69, 9.17) is 11.6 Å². The molecule has 0 spiro atoms. The number of halogens is 2. The number of carbonyl (C=O) groups is 1. The van der Waals surface area contributed by atoms with E-state index >= 15 is 0 Å². The number of rotatable bonds is 5. The highest BCUT2D eigenvalue weighted by Crippen LogP contribution is 2.23. The van der Waals surface area contributed by atoms with E-state index in [-0.39, 0.29) is 6.42 Å². The Kier molecular flexibility index (Phi) is 5.38. The Hall–Kier alpha value is -1.92. The van der Waals surface area contributed by atoms with E-state index in [0.29, 0.717) is 10.7 Å². The zero-order valence-corrected chi connectivity index (χ0v) is 13.9. The van der Waals surface area contributed by atoms with Gasteiger partial charge in [0.15, 0.2) is 9.84 Å². The molecular formula is C16H15ClFNO3S. The van der Waals surface area contributed by atoms with Crippen LogP contribution in [0.5, 0.6) is 0 Å². The van der Waals surface area contributed by atoms with Crippen molar-refractivity contribution in [2.75, 3.05) is 11.1 Å². The largest absolute Gasteiger partial charge is 0.325 e. The molecule has 0 aliphatic carbocycles. The standard InChI is InChI=1S/C16H15ClFNO3S/c1-11-6-7-14(12(17)10-11)19-16(20)8-9-23(21,22)15-5-3-2-4-13(15)18/h2-7,10H,8-9H2,1H3,(H,19,20). The van der Waals surface area contributed by atoms with Crippen molar-refractivity contribution in [3.05, 3.63) is 58.9 Å². The van der Waals surface area contributed by atoms with Gasteiger partial charge in [-0.3, -0.25) is 4.79 Å². The van der Waals surface area contributed by atoms with Crippen LogP contribution in [0, 0.1) is 12.7 Å². The van der Waals surface area contributed by atoms with Gasteiger partial charge in [0.25, 0.3) is 0 Å². The Morgan fingerprint density at radius 1 is 1.22 bits per heavy atom. The van der Waals surface area contributed by atoms with Gasteiger partial charge in [-0.1, -0.05) is 29.8 Å². The molecule has 0 saturated heterocycles. The lowest BCUT2D eigenvalue weighted by molar-refractivity contribution is -0.115. The summed E-state index contributed by atoms with van der Waals surface area (Å²) in [6.45, 7) is 1.86. The van der Waals surface area contributed by atoms with Crippen LogP contribution in [-0.4, -0.2) is 20.1 Å². The number of nitrogens with one attached hydrogen (secondary N) is 1. The summed E-state index contributed by atoms with van der Waals surface area (Å²) in [7, 11) is -3.86. The van der Waals surface area contributed by atoms with Crippen molar-refractivity contribution in [2.24, 2.45) is 0 Å². The van der Waals surface area contributed by atoms with Gasteiger partial charge in [0.05, 0.1) is 16.5 Å². The Balaban J connectivity index is 2.03. The van der Waals surface area contributed by atoms with E-state index in [1.165, 1.54) is 18.2 Å². The first-order chi connectivity index (χ1) is 10.8. The Morgan fingerprint density at radius 3 is 2.57 bits per heavy atom. The minimum absolute atomic E-state index is 0.291. The second kappa shape index (κ2) is 7.10. The molecule has 0 heterocycles. The molecule has 0 atom stereocenters. The minimum Gasteiger partial charge on any atom is -0.325 e. The molecule has 122 valence electrons. The van der Waals surface area contributed by atoms with Crippen LogP contribution in [0.2, 0.25) is 5.02 Å². The van der Waals surface area contributed by atoms with Crippen LogP contribution in [0.25, 0.3) is 0 Å². The number of anilines is 1. The van der Waals surface area contributed by atoms with Gasteiger partial charge < -0.3 is 5.32 Å². The summed E-state index contributed by atoms with van der Waals surface area (Å²) in [6, 6.07) is 10.2. The number of benzene rings is 2. The molecule has 1 amide bonds. The number of aryl methyl sites for hydroxylation is 1. The van der Waals surface area contributed by atoms with E-state index in [1.807, 2.05) is 6.92 Å². The van der Waals surface area contributed by atoms with E-state index < -0.39 is 32.2 Å². The van der Waals surface area contributed by atoms with Crippen LogP contribution in [0.15, 0.2) is 47.4 Å². The molecule has 2 aromatic rings. The van der Waals surface area contributed by atoms with Crippen molar-refractivity contribution in [1.29, 1.82) is 0 Å². The fourth-order valence-corrected chi connectivity index (χ4v) is 3.58. The molecule has 0 aromatic heterocycles. The highest BCUT2D eigenvalue weighted by molar-refractivity contribution is 7.91. The highest BCUT2D eigenvalue weighted by Gasteiger charge is 2.20. The Labute approximate surface area is 139 Å². The van der Waals surface area contributed by atoms with Gasteiger partial charge in [-0.05, 0) is 36.8 Å². The third-order valence-corrected chi connectivity index (χ3v) is 5.22. The van der Waals surface area contributed by atoms with Gasteiger partial charge in [0.1, 0.15) is 10.7 Å². The normalized spacial score (nSPS) is 11.3. The van der Waals surface area contributed by atoms with Crippen LogP contribution >= 0.6 is 11.6 Å². The first kappa shape index (κ1) is 17.4. The molecule has 0 saturated carbocycles. The predicted molar refractivity (Wildman–Crippen MR) is 87.9 cm³/mol. The molecule has 0 aliphatic heterocycles. The van der Waals surface area contributed by atoms with Crippen molar-refractivity contribution in [2.45, 2.75) is 18.2 Å². The lowest BCUT2D eigenvalue weighted by atomic mass is 10.2. The van der Waals surface area contributed by atoms with Crippen LogP contribution in [0.4, 0.5) is 10.1 Å². The lowest BCUT2D eigenvalue weighted by Crippen LogP contribution is -2.18. The molecule has 4 nitrogen and oxygen atoms in total. The fraction of sp³-hybridized carbons (Fsp3) is 0.188. The Morgan fingerprint density at radius 2 is 1.91 bits per heavy atom. The van der Waals surface area contributed by atoms with E-state index in [9.17, 15) is 17.6 Å². The van der Waals surface area contributed by atoms with Crippen molar-refractivity contribution in [3.63, 3.8) is 0 Å². The lowest BCUT2D eigenvalue weighted by Gasteiger charge is -2.09. The monoisotopic (exact) mass is 355 g/mol. The van der Waals surface area contributed by atoms with Gasteiger partial charge in [0, 0.05) is 6.42 Å². The van der Waals surface area contributed by atoms with E-state index in [1.54, 1.807) is 18.2 Å². The number of carbonyl (C=O) groups excluding carboxylic acids is 1. The zero-order chi connectivity index (χ0) is 17.0. The van der Waals surface area contributed by atoms with Gasteiger partial charge in [-0.15, -0.1) is 0 Å². The average molecular weight is 356 g/mol. The molecule has 23 heavy (non-hydrogen) atoms. The summed E-state index contributed by atoms with van der Waals surface area (Å²) in [5, 5.41) is 2.92. The zero-order valence-electron chi connectivity index (χ0n) is 12.3. The molecule has 0 bridgehead atoms. The van der Waals surface area contributed by atoms with Crippen LogP contribution < -0.4 is 5.32 Å². The summed E-state index contributed by atoms with van der Waals surface area (Å²) in [5.41, 5.74) is 1.35. The third-order valence-electron chi connectivity index (χ3n) is 3.17. The number of amides is 1. The van der Waals surface area contributed by atoms with Gasteiger partial charge in [0.2, 0.25) is 5.91 Å². The van der Waals surface area contributed by atoms with E-state index in [2.05, 4.69) is 5.32 Å². The molecule has 7 heteroatoms. The van der Waals surface area contributed by atoms with Crippen LogP contribution in [-0.2, 0) is 14.6 Å². The van der Waals surface area contributed by atoms with Crippen LogP contribution in [0.1, 0.15) is 12.0 Å². The smallest absolute Gasteiger partial charge is 0.225 e. The first-order valence-electron chi connectivity index (χ1n) is 6.83. The van der Waals surface area contributed by atoms with Crippen molar-refractivity contribution in [1.82, 2.24) is 0 Å². The summed E-state index contributed by atoms with van der Waals surface area (Å²) >= 11 is 6.00. The molecule has 0 unspecified atom stereocenters. The Bertz CT molecular complexity index is 837. The SMILES string of the molecule is Cc1ccc(NC(=O)CCS(=O)(=O)c2ccccc2F)c(Cl)c1. The second-order valence-electron chi connectivity index (χ2n) is 5.03. The second-order valence-corrected chi connectivity index (χ2v) is 7.52. The molecule has 1 N–H and O–H groups in total. The number of sulfone groups is 1.